The Hall–Kier alpha value is -3.11. The van der Waals surface area contributed by atoms with Gasteiger partial charge in [0.15, 0.2) is 0 Å². The van der Waals surface area contributed by atoms with E-state index in [0.29, 0.717) is 0 Å². The minimum atomic E-state index is 0.850. The number of imidazole rings is 1. The van der Waals surface area contributed by atoms with Crippen LogP contribution in [-0.4, -0.2) is 35.7 Å². The van der Waals surface area contributed by atoms with Crippen LogP contribution in [0.25, 0.3) is 22.2 Å². The molecule has 1 aliphatic heterocycles. The Morgan fingerprint density at radius 1 is 0.867 bits per heavy atom. The summed E-state index contributed by atoms with van der Waals surface area (Å²) in [6, 6.07) is 22.2. The van der Waals surface area contributed by atoms with Crippen LogP contribution in [0.5, 0.6) is 0 Å². The third-order valence-corrected chi connectivity index (χ3v) is 6.15. The zero-order valence-corrected chi connectivity index (χ0v) is 17.7. The minimum Gasteiger partial charge on any atom is -0.369 e. The summed E-state index contributed by atoms with van der Waals surface area (Å²) in [6.07, 6.45) is 1.96. The van der Waals surface area contributed by atoms with Gasteiger partial charge in [0.2, 0.25) is 0 Å². The average molecular weight is 397 g/mol. The van der Waals surface area contributed by atoms with Crippen LogP contribution in [0, 0.1) is 13.8 Å². The molecule has 0 atom stereocenters. The van der Waals surface area contributed by atoms with Crippen molar-refractivity contribution in [3.05, 3.63) is 83.7 Å². The van der Waals surface area contributed by atoms with Crippen LogP contribution in [0.3, 0.4) is 0 Å². The Morgan fingerprint density at radius 3 is 2.43 bits per heavy atom. The molecule has 0 radical (unpaired) electrons. The largest absolute Gasteiger partial charge is 0.369 e. The van der Waals surface area contributed by atoms with Crippen LogP contribution in [0.2, 0.25) is 0 Å². The molecule has 4 heteroatoms. The van der Waals surface area contributed by atoms with Crippen LogP contribution in [0.1, 0.15) is 16.7 Å². The highest BCUT2D eigenvalue weighted by Crippen LogP contribution is 2.27. The van der Waals surface area contributed by atoms with Crippen LogP contribution in [-0.2, 0) is 6.54 Å². The zero-order chi connectivity index (χ0) is 20.5. The van der Waals surface area contributed by atoms with Crippen molar-refractivity contribution < 1.29 is 0 Å². The highest BCUT2D eigenvalue weighted by molar-refractivity contribution is 5.82. The van der Waals surface area contributed by atoms with E-state index in [9.17, 15) is 0 Å². The summed E-state index contributed by atoms with van der Waals surface area (Å²) < 4.78 is 2.24. The van der Waals surface area contributed by atoms with E-state index in [2.05, 4.69) is 89.3 Å². The molecule has 2 heterocycles. The van der Waals surface area contributed by atoms with Gasteiger partial charge in [-0.05, 0) is 60.4 Å². The average Bonchev–Trinajstić information content (AvgIpc) is 3.19. The van der Waals surface area contributed by atoms with E-state index in [0.717, 1.165) is 38.2 Å². The van der Waals surface area contributed by atoms with Crippen LogP contribution in [0.4, 0.5) is 5.69 Å². The fraction of sp³-hybridized carbons (Fsp3) is 0.269. The maximum absolute atomic E-state index is 4.69. The summed E-state index contributed by atoms with van der Waals surface area (Å²) in [4.78, 5) is 7.13. The molecule has 4 nitrogen and oxygen atoms in total. The van der Waals surface area contributed by atoms with E-state index in [1.54, 1.807) is 0 Å². The molecule has 0 saturated carbocycles. The normalized spacial score (nSPS) is 14.4. The molecule has 5 rings (SSSR count). The summed E-state index contributed by atoms with van der Waals surface area (Å²) >= 11 is 0. The quantitative estimate of drug-likeness (QED) is 0.539. The second-order valence-corrected chi connectivity index (χ2v) is 8.29. The van der Waals surface area contributed by atoms with Gasteiger partial charge in [0.1, 0.15) is 0 Å². The molecule has 1 fully saturated rings. The number of rotatable bonds is 4. The second-order valence-electron chi connectivity index (χ2n) is 8.29. The SMILES string of the molecule is Cc1ccc(C)c(Cn2cnc3cc(-c4ccc(N5CCNCC5)cc4)ccc32)c1. The molecule has 1 aromatic heterocycles. The Bertz CT molecular complexity index is 1170. The third kappa shape index (κ3) is 3.71. The molecule has 1 saturated heterocycles. The van der Waals surface area contributed by atoms with Gasteiger partial charge in [0, 0.05) is 38.4 Å². The van der Waals surface area contributed by atoms with Crippen molar-refractivity contribution in [3.8, 4) is 11.1 Å². The van der Waals surface area contributed by atoms with Crippen molar-refractivity contribution in [3.63, 3.8) is 0 Å². The number of aromatic nitrogens is 2. The molecule has 0 aliphatic carbocycles. The fourth-order valence-electron chi connectivity index (χ4n) is 4.31. The van der Waals surface area contributed by atoms with Crippen molar-refractivity contribution in [1.82, 2.24) is 14.9 Å². The van der Waals surface area contributed by atoms with Crippen LogP contribution < -0.4 is 10.2 Å². The number of anilines is 1. The first-order valence-electron chi connectivity index (χ1n) is 10.7. The van der Waals surface area contributed by atoms with Gasteiger partial charge in [-0.25, -0.2) is 4.98 Å². The zero-order valence-electron chi connectivity index (χ0n) is 17.7. The molecule has 1 N–H and O–H groups in total. The number of nitrogens with one attached hydrogen (secondary N) is 1. The van der Waals surface area contributed by atoms with Gasteiger partial charge in [-0.3, -0.25) is 0 Å². The molecular weight excluding hydrogens is 368 g/mol. The molecule has 0 bridgehead atoms. The molecule has 0 amide bonds. The number of hydrogen-bond acceptors (Lipinski definition) is 3. The van der Waals surface area contributed by atoms with Gasteiger partial charge in [-0.1, -0.05) is 42.0 Å². The lowest BCUT2D eigenvalue weighted by molar-refractivity contribution is 0.589. The lowest BCUT2D eigenvalue weighted by atomic mass is 10.0. The first-order valence-corrected chi connectivity index (χ1v) is 10.7. The van der Waals surface area contributed by atoms with E-state index in [1.807, 2.05) is 6.33 Å². The Labute approximate surface area is 178 Å². The summed E-state index contributed by atoms with van der Waals surface area (Å²) in [5.74, 6) is 0. The van der Waals surface area contributed by atoms with Gasteiger partial charge < -0.3 is 14.8 Å². The molecule has 152 valence electrons. The predicted octanol–water partition coefficient (Wildman–Crippen LogP) is 4.78. The van der Waals surface area contributed by atoms with Crippen molar-refractivity contribution in [2.45, 2.75) is 20.4 Å². The lowest BCUT2D eigenvalue weighted by Gasteiger charge is -2.29. The van der Waals surface area contributed by atoms with Crippen LogP contribution >= 0.6 is 0 Å². The number of hydrogen-bond donors (Lipinski definition) is 1. The second kappa shape index (κ2) is 7.96. The number of aryl methyl sites for hydroxylation is 2. The third-order valence-electron chi connectivity index (χ3n) is 6.15. The van der Waals surface area contributed by atoms with E-state index in [-0.39, 0.29) is 0 Å². The smallest absolute Gasteiger partial charge is 0.0961 e. The van der Waals surface area contributed by atoms with Crippen molar-refractivity contribution in [2.24, 2.45) is 0 Å². The maximum Gasteiger partial charge on any atom is 0.0961 e. The van der Waals surface area contributed by atoms with Crippen molar-refractivity contribution in [1.29, 1.82) is 0 Å². The van der Waals surface area contributed by atoms with Gasteiger partial charge in [0.25, 0.3) is 0 Å². The highest BCUT2D eigenvalue weighted by Gasteiger charge is 2.11. The van der Waals surface area contributed by atoms with Gasteiger partial charge >= 0.3 is 0 Å². The molecule has 4 aromatic rings. The Balaban J connectivity index is 1.40. The van der Waals surface area contributed by atoms with Gasteiger partial charge in [-0.15, -0.1) is 0 Å². The van der Waals surface area contributed by atoms with E-state index in [4.69, 9.17) is 4.98 Å². The first kappa shape index (κ1) is 18.9. The Morgan fingerprint density at radius 2 is 1.63 bits per heavy atom. The van der Waals surface area contributed by atoms with E-state index >= 15 is 0 Å². The topological polar surface area (TPSA) is 33.1 Å². The highest BCUT2D eigenvalue weighted by atomic mass is 15.2. The number of piperazine rings is 1. The molecule has 30 heavy (non-hydrogen) atoms. The summed E-state index contributed by atoms with van der Waals surface area (Å²) in [5, 5.41) is 3.41. The molecule has 0 unspecified atom stereocenters. The number of nitrogens with zero attached hydrogens (tertiary/aromatic N) is 3. The maximum atomic E-state index is 4.69. The number of fused-ring (bicyclic) bond motifs is 1. The standard InChI is InChI=1S/C26H28N4/c1-19-3-4-20(2)23(15-19)17-30-18-28-25-16-22(7-10-26(25)30)21-5-8-24(9-6-21)29-13-11-27-12-14-29/h3-10,15-16,18,27H,11-14,17H2,1-2H3. The molecule has 3 aromatic carbocycles. The summed E-state index contributed by atoms with van der Waals surface area (Å²) in [5.41, 5.74) is 9.95. The van der Waals surface area contributed by atoms with Gasteiger partial charge in [0.05, 0.1) is 17.4 Å². The van der Waals surface area contributed by atoms with Gasteiger partial charge in [-0.2, -0.15) is 0 Å². The van der Waals surface area contributed by atoms with E-state index in [1.165, 1.54) is 39.0 Å². The summed E-state index contributed by atoms with van der Waals surface area (Å²) in [7, 11) is 0. The predicted molar refractivity (Wildman–Crippen MR) is 125 cm³/mol. The van der Waals surface area contributed by atoms with Crippen molar-refractivity contribution >= 4 is 16.7 Å². The minimum absolute atomic E-state index is 0.850. The molecule has 1 aliphatic rings. The lowest BCUT2D eigenvalue weighted by Crippen LogP contribution is -2.43. The first-order chi connectivity index (χ1) is 14.7. The van der Waals surface area contributed by atoms with E-state index < -0.39 is 0 Å². The van der Waals surface area contributed by atoms with Crippen molar-refractivity contribution in [2.75, 3.05) is 31.1 Å². The number of benzene rings is 3. The molecule has 0 spiro atoms. The fourth-order valence-corrected chi connectivity index (χ4v) is 4.31. The monoisotopic (exact) mass is 396 g/mol. The molecular formula is C26H28N4. The van der Waals surface area contributed by atoms with Crippen LogP contribution in [0.15, 0.2) is 67.0 Å². The Kier molecular flexibility index (Phi) is 5.01. The summed E-state index contributed by atoms with van der Waals surface area (Å²) in [6.45, 7) is 9.44.